The van der Waals surface area contributed by atoms with Crippen molar-refractivity contribution < 1.29 is 9.90 Å². The summed E-state index contributed by atoms with van der Waals surface area (Å²) in [6, 6.07) is 0.165. The van der Waals surface area contributed by atoms with Crippen LogP contribution in [0.1, 0.15) is 52.4 Å². The van der Waals surface area contributed by atoms with E-state index < -0.39 is 6.10 Å². The van der Waals surface area contributed by atoms with Crippen LogP contribution in [0.5, 0.6) is 0 Å². The van der Waals surface area contributed by atoms with Gasteiger partial charge >= 0.3 is 0 Å². The monoisotopic (exact) mass is 256 g/mol. The Hall–Kier alpha value is -0.610. The van der Waals surface area contributed by atoms with E-state index in [1.807, 2.05) is 0 Å². The van der Waals surface area contributed by atoms with Gasteiger partial charge in [0.25, 0.3) is 0 Å². The zero-order valence-corrected chi connectivity index (χ0v) is 11.7. The summed E-state index contributed by atoms with van der Waals surface area (Å²) in [5.74, 6) is 0.386. The number of aliphatic hydroxyl groups is 1. The number of aliphatic hydroxyl groups excluding tert-OH is 1. The Kier molecular flexibility index (Phi) is 6.65. The summed E-state index contributed by atoms with van der Waals surface area (Å²) in [5.41, 5.74) is 5.88. The standard InChI is InChI=1S/C14H28N2O2/c1-3-10(4-2)13(17)9-16-14(18)11-6-5-7-12(15)8-11/h10-13,17H,3-9,15H2,1-2H3,(H,16,18). The zero-order valence-electron chi connectivity index (χ0n) is 11.7. The smallest absolute Gasteiger partial charge is 0.223 e. The molecule has 1 fully saturated rings. The van der Waals surface area contributed by atoms with Gasteiger partial charge in [-0.15, -0.1) is 0 Å². The normalized spacial score (nSPS) is 26.1. The first-order chi connectivity index (χ1) is 8.58. The molecule has 0 spiro atoms. The summed E-state index contributed by atoms with van der Waals surface area (Å²) in [7, 11) is 0. The van der Waals surface area contributed by atoms with Crippen LogP contribution in [-0.4, -0.2) is 29.7 Å². The second-order valence-corrected chi connectivity index (χ2v) is 5.51. The van der Waals surface area contributed by atoms with Gasteiger partial charge in [0.05, 0.1) is 6.10 Å². The lowest BCUT2D eigenvalue weighted by Gasteiger charge is -2.27. The molecule has 0 heterocycles. The molecule has 4 N–H and O–H groups in total. The highest BCUT2D eigenvalue weighted by Crippen LogP contribution is 2.23. The van der Waals surface area contributed by atoms with Gasteiger partial charge in [-0.25, -0.2) is 0 Å². The number of carbonyl (C=O) groups excluding carboxylic acids is 1. The molecule has 3 atom stereocenters. The number of rotatable bonds is 6. The quantitative estimate of drug-likeness (QED) is 0.672. The molecule has 0 aromatic heterocycles. The van der Waals surface area contributed by atoms with E-state index in [1.54, 1.807) is 0 Å². The van der Waals surface area contributed by atoms with Gasteiger partial charge in [-0.05, 0) is 25.2 Å². The Morgan fingerprint density at radius 2 is 2.06 bits per heavy atom. The molecule has 1 aliphatic carbocycles. The van der Waals surface area contributed by atoms with Gasteiger partial charge < -0.3 is 16.2 Å². The average Bonchev–Trinajstić information content (AvgIpc) is 2.37. The molecule has 1 rings (SSSR count). The summed E-state index contributed by atoms with van der Waals surface area (Å²) < 4.78 is 0. The molecule has 0 radical (unpaired) electrons. The Bertz CT molecular complexity index is 254. The molecule has 4 heteroatoms. The second kappa shape index (κ2) is 7.74. The van der Waals surface area contributed by atoms with Crippen LogP contribution in [0, 0.1) is 11.8 Å². The van der Waals surface area contributed by atoms with Crippen molar-refractivity contribution in [2.75, 3.05) is 6.54 Å². The average molecular weight is 256 g/mol. The molecule has 1 amide bonds. The van der Waals surface area contributed by atoms with Gasteiger partial charge in [-0.1, -0.05) is 33.1 Å². The maximum Gasteiger partial charge on any atom is 0.223 e. The number of nitrogens with one attached hydrogen (secondary N) is 1. The first-order valence-electron chi connectivity index (χ1n) is 7.29. The Balaban J connectivity index is 2.31. The highest BCUT2D eigenvalue weighted by molar-refractivity contribution is 5.78. The predicted molar refractivity (Wildman–Crippen MR) is 73.0 cm³/mol. The number of hydrogen-bond acceptors (Lipinski definition) is 3. The molecular weight excluding hydrogens is 228 g/mol. The van der Waals surface area contributed by atoms with Gasteiger partial charge in [0, 0.05) is 18.5 Å². The lowest BCUT2D eigenvalue weighted by molar-refractivity contribution is -0.126. The lowest BCUT2D eigenvalue weighted by Crippen LogP contribution is -2.42. The molecule has 0 saturated heterocycles. The van der Waals surface area contributed by atoms with Crippen molar-refractivity contribution in [1.29, 1.82) is 0 Å². The summed E-state index contributed by atoms with van der Waals surface area (Å²) in [6.07, 6.45) is 5.24. The van der Waals surface area contributed by atoms with E-state index >= 15 is 0 Å². The van der Waals surface area contributed by atoms with Gasteiger partial charge in [-0.3, -0.25) is 4.79 Å². The molecule has 0 aromatic rings. The third-order valence-electron chi connectivity index (χ3n) is 4.16. The van der Waals surface area contributed by atoms with Gasteiger partial charge in [-0.2, -0.15) is 0 Å². The van der Waals surface area contributed by atoms with E-state index in [1.165, 1.54) is 0 Å². The van der Waals surface area contributed by atoms with Crippen LogP contribution in [0.2, 0.25) is 0 Å². The van der Waals surface area contributed by atoms with Crippen molar-refractivity contribution in [1.82, 2.24) is 5.32 Å². The molecular formula is C14H28N2O2. The Labute approximate surface area is 110 Å². The van der Waals surface area contributed by atoms with E-state index in [0.29, 0.717) is 6.54 Å². The van der Waals surface area contributed by atoms with E-state index in [2.05, 4.69) is 19.2 Å². The minimum absolute atomic E-state index is 0.0441. The minimum Gasteiger partial charge on any atom is -0.391 e. The molecule has 0 aliphatic heterocycles. The minimum atomic E-state index is -0.429. The number of amides is 1. The molecule has 4 nitrogen and oxygen atoms in total. The largest absolute Gasteiger partial charge is 0.391 e. The van der Waals surface area contributed by atoms with E-state index in [-0.39, 0.29) is 23.8 Å². The first-order valence-corrected chi connectivity index (χ1v) is 7.29. The molecule has 1 aliphatic rings. The lowest BCUT2D eigenvalue weighted by atomic mass is 9.85. The highest BCUT2D eigenvalue weighted by Gasteiger charge is 2.26. The molecule has 18 heavy (non-hydrogen) atoms. The molecule has 0 aromatic carbocycles. The van der Waals surface area contributed by atoms with Crippen LogP contribution >= 0.6 is 0 Å². The molecule has 3 unspecified atom stereocenters. The van der Waals surface area contributed by atoms with Crippen LogP contribution in [0.15, 0.2) is 0 Å². The summed E-state index contributed by atoms with van der Waals surface area (Å²) >= 11 is 0. The fraction of sp³-hybridized carbons (Fsp3) is 0.929. The Morgan fingerprint density at radius 3 is 2.61 bits per heavy atom. The topological polar surface area (TPSA) is 75.3 Å². The summed E-state index contributed by atoms with van der Waals surface area (Å²) in [4.78, 5) is 12.0. The third kappa shape index (κ3) is 4.58. The summed E-state index contributed by atoms with van der Waals surface area (Å²) in [5, 5.41) is 12.8. The van der Waals surface area contributed by atoms with E-state index in [4.69, 9.17) is 5.73 Å². The van der Waals surface area contributed by atoms with Gasteiger partial charge in [0.15, 0.2) is 0 Å². The molecule has 106 valence electrons. The van der Waals surface area contributed by atoms with Crippen molar-refractivity contribution in [2.45, 2.75) is 64.5 Å². The number of hydrogen-bond donors (Lipinski definition) is 3. The summed E-state index contributed by atoms with van der Waals surface area (Å²) in [6.45, 7) is 4.51. The zero-order chi connectivity index (χ0) is 13.5. The van der Waals surface area contributed by atoms with Gasteiger partial charge in [0.2, 0.25) is 5.91 Å². The van der Waals surface area contributed by atoms with Crippen LogP contribution in [0.4, 0.5) is 0 Å². The van der Waals surface area contributed by atoms with E-state index in [9.17, 15) is 9.90 Å². The third-order valence-corrected chi connectivity index (χ3v) is 4.16. The first kappa shape index (κ1) is 15.4. The Morgan fingerprint density at radius 1 is 1.39 bits per heavy atom. The van der Waals surface area contributed by atoms with Crippen molar-refractivity contribution in [2.24, 2.45) is 17.6 Å². The maximum absolute atomic E-state index is 12.0. The van der Waals surface area contributed by atoms with Gasteiger partial charge in [0.1, 0.15) is 0 Å². The van der Waals surface area contributed by atoms with Crippen molar-refractivity contribution in [3.05, 3.63) is 0 Å². The number of carbonyl (C=O) groups is 1. The fourth-order valence-corrected chi connectivity index (χ4v) is 2.81. The van der Waals surface area contributed by atoms with Crippen molar-refractivity contribution in [3.8, 4) is 0 Å². The van der Waals surface area contributed by atoms with Crippen molar-refractivity contribution in [3.63, 3.8) is 0 Å². The SMILES string of the molecule is CCC(CC)C(O)CNC(=O)C1CCCC(N)C1. The number of nitrogens with two attached hydrogens (primary N) is 1. The van der Waals surface area contributed by atoms with Crippen LogP contribution in [0.3, 0.4) is 0 Å². The molecule has 1 saturated carbocycles. The van der Waals surface area contributed by atoms with E-state index in [0.717, 1.165) is 38.5 Å². The highest BCUT2D eigenvalue weighted by atomic mass is 16.3. The van der Waals surface area contributed by atoms with Crippen molar-refractivity contribution >= 4 is 5.91 Å². The second-order valence-electron chi connectivity index (χ2n) is 5.51. The molecule has 0 bridgehead atoms. The van der Waals surface area contributed by atoms with Crippen LogP contribution in [0.25, 0.3) is 0 Å². The predicted octanol–water partition coefficient (Wildman–Crippen LogP) is 1.42. The fourth-order valence-electron chi connectivity index (χ4n) is 2.81. The van der Waals surface area contributed by atoms with Crippen LogP contribution in [-0.2, 0) is 4.79 Å². The maximum atomic E-state index is 12.0. The van der Waals surface area contributed by atoms with Crippen LogP contribution < -0.4 is 11.1 Å².